The highest BCUT2D eigenvalue weighted by Gasteiger charge is 2.34. The van der Waals surface area contributed by atoms with E-state index in [1.807, 2.05) is 67.7 Å². The van der Waals surface area contributed by atoms with E-state index in [0.29, 0.717) is 25.1 Å². The van der Waals surface area contributed by atoms with Crippen LogP contribution in [0.4, 0.5) is 0 Å². The van der Waals surface area contributed by atoms with Gasteiger partial charge in [-0.15, -0.1) is 0 Å². The Morgan fingerprint density at radius 3 is 2.79 bits per heavy atom. The molecule has 0 unspecified atom stereocenters. The van der Waals surface area contributed by atoms with Gasteiger partial charge in [0, 0.05) is 31.0 Å². The molecule has 0 radical (unpaired) electrons. The van der Waals surface area contributed by atoms with Crippen LogP contribution >= 0.6 is 0 Å². The van der Waals surface area contributed by atoms with Crippen LogP contribution in [0.25, 0.3) is 5.69 Å². The second-order valence-corrected chi connectivity index (χ2v) is 6.85. The largest absolute Gasteiger partial charge is 0.350 e. The summed E-state index contributed by atoms with van der Waals surface area (Å²) < 4.78 is 1.78. The number of carbonyl (C=O) groups excluding carboxylic acids is 2. The van der Waals surface area contributed by atoms with Gasteiger partial charge in [-0.3, -0.25) is 9.59 Å². The molecular formula is C22H22N4O2. The number of hydrogen-bond donors (Lipinski definition) is 1. The molecule has 3 aromatic rings. The van der Waals surface area contributed by atoms with Gasteiger partial charge in [-0.25, -0.2) is 4.68 Å². The van der Waals surface area contributed by atoms with Crippen LogP contribution in [-0.4, -0.2) is 32.5 Å². The molecule has 2 heterocycles. The maximum absolute atomic E-state index is 12.8. The van der Waals surface area contributed by atoms with Crippen LogP contribution < -0.4 is 5.32 Å². The number of rotatable bonds is 6. The molecule has 1 aromatic heterocycles. The monoisotopic (exact) mass is 374 g/mol. The number of benzene rings is 2. The quantitative estimate of drug-likeness (QED) is 0.721. The van der Waals surface area contributed by atoms with Crippen LogP contribution in [0, 0.1) is 0 Å². The normalized spacial score (nSPS) is 14.0. The molecule has 0 fully saturated rings. The summed E-state index contributed by atoms with van der Waals surface area (Å²) in [4.78, 5) is 27.2. The van der Waals surface area contributed by atoms with Crippen LogP contribution in [0.15, 0.2) is 67.0 Å². The topological polar surface area (TPSA) is 67.2 Å². The molecule has 1 N–H and O–H groups in total. The maximum Gasteiger partial charge on any atom is 0.255 e. The minimum Gasteiger partial charge on any atom is -0.350 e. The molecule has 142 valence electrons. The predicted octanol–water partition coefficient (Wildman–Crippen LogP) is 2.92. The van der Waals surface area contributed by atoms with Crippen molar-refractivity contribution in [2.24, 2.45) is 0 Å². The number of nitrogens with zero attached hydrogens (tertiary/aromatic N) is 3. The Balaban J connectivity index is 1.43. The van der Waals surface area contributed by atoms with E-state index in [4.69, 9.17) is 0 Å². The van der Waals surface area contributed by atoms with Crippen LogP contribution in [0.1, 0.15) is 34.8 Å². The van der Waals surface area contributed by atoms with Crippen molar-refractivity contribution in [1.29, 1.82) is 0 Å². The van der Waals surface area contributed by atoms with Crippen LogP contribution in [0.2, 0.25) is 0 Å². The Labute approximate surface area is 163 Å². The van der Waals surface area contributed by atoms with Gasteiger partial charge in [0.15, 0.2) is 0 Å². The summed E-state index contributed by atoms with van der Waals surface area (Å²) in [5.74, 6) is -0.202. The minimum atomic E-state index is -0.478. The average Bonchev–Trinajstić information content (AvgIpc) is 3.37. The Bertz CT molecular complexity index is 997. The number of hydrogen-bond acceptors (Lipinski definition) is 3. The molecule has 6 heteroatoms. The second-order valence-electron chi connectivity index (χ2n) is 6.85. The number of nitrogens with one attached hydrogen (secondary N) is 1. The van der Waals surface area contributed by atoms with E-state index in [0.717, 1.165) is 16.8 Å². The Morgan fingerprint density at radius 2 is 2.04 bits per heavy atom. The fourth-order valence-electron chi connectivity index (χ4n) is 3.61. The molecule has 0 bridgehead atoms. The third-order valence-electron chi connectivity index (χ3n) is 5.06. The first-order chi connectivity index (χ1) is 13.7. The Morgan fingerprint density at radius 1 is 1.18 bits per heavy atom. The van der Waals surface area contributed by atoms with E-state index in [9.17, 15) is 9.59 Å². The standard InChI is InChI=1S/C22H22N4O2/c1-2-20(25-15-17-8-3-4-10-19(17)22(25)28)21(27)23-14-16-7-5-9-18(13-16)26-12-6-11-24-26/h3-13,20H,2,14-15H2,1H3,(H,23,27)/t20-/m0/s1. The van der Waals surface area contributed by atoms with Crippen molar-refractivity contribution in [2.75, 3.05) is 0 Å². The van der Waals surface area contributed by atoms with Crippen LogP contribution in [0.5, 0.6) is 0 Å². The molecule has 6 nitrogen and oxygen atoms in total. The van der Waals surface area contributed by atoms with Crippen molar-refractivity contribution >= 4 is 11.8 Å². The minimum absolute atomic E-state index is 0.0710. The van der Waals surface area contributed by atoms with E-state index in [1.54, 1.807) is 15.8 Å². The molecule has 1 aliphatic rings. The fraction of sp³-hybridized carbons (Fsp3) is 0.227. The lowest BCUT2D eigenvalue weighted by atomic mass is 10.1. The lowest BCUT2D eigenvalue weighted by molar-refractivity contribution is -0.126. The molecule has 2 amide bonds. The Hall–Kier alpha value is -3.41. The summed E-state index contributed by atoms with van der Waals surface area (Å²) in [6.45, 7) is 2.81. The Kier molecular flexibility index (Phi) is 4.93. The third-order valence-corrected chi connectivity index (χ3v) is 5.06. The summed E-state index contributed by atoms with van der Waals surface area (Å²) in [5, 5.41) is 7.21. The molecule has 1 aliphatic heterocycles. The summed E-state index contributed by atoms with van der Waals surface area (Å²) in [6, 6.07) is 16.8. The van der Waals surface area contributed by atoms with Crippen molar-refractivity contribution in [1.82, 2.24) is 20.0 Å². The van der Waals surface area contributed by atoms with Gasteiger partial charge in [-0.1, -0.05) is 37.3 Å². The first-order valence-electron chi connectivity index (χ1n) is 9.43. The van der Waals surface area contributed by atoms with Gasteiger partial charge >= 0.3 is 0 Å². The summed E-state index contributed by atoms with van der Waals surface area (Å²) in [7, 11) is 0. The number of fused-ring (bicyclic) bond motifs is 1. The van der Waals surface area contributed by atoms with E-state index in [2.05, 4.69) is 10.4 Å². The average molecular weight is 374 g/mol. The maximum atomic E-state index is 12.8. The van der Waals surface area contributed by atoms with Crippen molar-refractivity contribution in [2.45, 2.75) is 32.5 Å². The zero-order valence-corrected chi connectivity index (χ0v) is 15.7. The molecule has 2 aromatic carbocycles. The summed E-state index contributed by atoms with van der Waals surface area (Å²) in [5.41, 5.74) is 3.59. The predicted molar refractivity (Wildman–Crippen MR) is 106 cm³/mol. The van der Waals surface area contributed by atoms with Crippen LogP contribution in [-0.2, 0) is 17.9 Å². The molecule has 0 aliphatic carbocycles. The van der Waals surface area contributed by atoms with Gasteiger partial charge in [-0.05, 0) is 41.8 Å². The van der Waals surface area contributed by atoms with Gasteiger partial charge in [0.2, 0.25) is 5.91 Å². The van der Waals surface area contributed by atoms with E-state index in [-0.39, 0.29) is 11.8 Å². The highest BCUT2D eigenvalue weighted by atomic mass is 16.2. The zero-order valence-electron chi connectivity index (χ0n) is 15.7. The SMILES string of the molecule is CC[C@@H](C(=O)NCc1cccc(-n2cccn2)c1)N1Cc2ccccc2C1=O. The fourth-order valence-corrected chi connectivity index (χ4v) is 3.61. The molecule has 0 spiro atoms. The van der Waals surface area contributed by atoms with Crippen molar-refractivity contribution in [3.63, 3.8) is 0 Å². The third kappa shape index (κ3) is 3.41. The first kappa shape index (κ1) is 18.0. The highest BCUT2D eigenvalue weighted by molar-refractivity contribution is 6.01. The van der Waals surface area contributed by atoms with E-state index in [1.165, 1.54) is 0 Å². The summed E-state index contributed by atoms with van der Waals surface area (Å²) >= 11 is 0. The second kappa shape index (κ2) is 7.68. The van der Waals surface area contributed by atoms with Gasteiger partial charge in [0.1, 0.15) is 6.04 Å². The van der Waals surface area contributed by atoms with Crippen molar-refractivity contribution in [3.05, 3.63) is 83.7 Å². The molecule has 1 atom stereocenters. The number of carbonyl (C=O) groups is 2. The van der Waals surface area contributed by atoms with E-state index >= 15 is 0 Å². The van der Waals surface area contributed by atoms with Gasteiger partial charge in [-0.2, -0.15) is 5.10 Å². The molecular weight excluding hydrogens is 352 g/mol. The highest BCUT2D eigenvalue weighted by Crippen LogP contribution is 2.25. The van der Waals surface area contributed by atoms with Crippen molar-refractivity contribution in [3.8, 4) is 5.69 Å². The number of amides is 2. The molecule has 0 saturated heterocycles. The molecule has 28 heavy (non-hydrogen) atoms. The van der Waals surface area contributed by atoms with Gasteiger partial charge in [0.05, 0.1) is 5.69 Å². The zero-order chi connectivity index (χ0) is 19.5. The summed E-state index contributed by atoms with van der Waals surface area (Å²) in [6.07, 6.45) is 4.17. The van der Waals surface area contributed by atoms with Crippen molar-refractivity contribution < 1.29 is 9.59 Å². The van der Waals surface area contributed by atoms with E-state index < -0.39 is 6.04 Å². The van der Waals surface area contributed by atoms with Gasteiger partial charge in [0.25, 0.3) is 5.91 Å². The van der Waals surface area contributed by atoms with Gasteiger partial charge < -0.3 is 10.2 Å². The lowest BCUT2D eigenvalue weighted by Gasteiger charge is -2.26. The number of aromatic nitrogens is 2. The molecule has 0 saturated carbocycles. The smallest absolute Gasteiger partial charge is 0.255 e. The lowest BCUT2D eigenvalue weighted by Crippen LogP contribution is -2.46. The molecule has 4 rings (SSSR count). The van der Waals surface area contributed by atoms with Crippen LogP contribution in [0.3, 0.4) is 0 Å². The first-order valence-corrected chi connectivity index (χ1v) is 9.43.